The van der Waals surface area contributed by atoms with E-state index in [0.29, 0.717) is 10.8 Å². The minimum absolute atomic E-state index is 0.252. The van der Waals surface area contributed by atoms with Crippen LogP contribution in [0.3, 0.4) is 0 Å². The first-order valence-electron chi connectivity index (χ1n) is 5.69. The van der Waals surface area contributed by atoms with Crippen molar-refractivity contribution in [3.8, 4) is 5.75 Å². The highest BCUT2D eigenvalue weighted by Gasteiger charge is 2.08. The Labute approximate surface area is 123 Å². The van der Waals surface area contributed by atoms with Gasteiger partial charge in [0.05, 0.1) is 10.7 Å². The number of carboxylic acids is 1. The van der Waals surface area contributed by atoms with Gasteiger partial charge in [0.15, 0.2) is 0 Å². The van der Waals surface area contributed by atoms with Crippen molar-refractivity contribution in [3.63, 3.8) is 0 Å². The number of thiophene rings is 1. The van der Waals surface area contributed by atoms with Gasteiger partial charge >= 0.3 is 5.97 Å². The average molecular weight is 309 g/mol. The van der Waals surface area contributed by atoms with Crippen molar-refractivity contribution in [2.24, 2.45) is 0 Å². The molecule has 0 amide bonds. The minimum Gasteiger partial charge on any atom is -0.486 e. The van der Waals surface area contributed by atoms with Crippen LogP contribution in [0.2, 0.25) is 5.02 Å². The third-order valence-electron chi connectivity index (χ3n) is 2.64. The Hall–Kier alpha value is -2.05. The molecule has 0 saturated carbocycles. The Morgan fingerprint density at radius 2 is 2.30 bits per heavy atom. The van der Waals surface area contributed by atoms with Crippen LogP contribution in [0.25, 0.3) is 5.65 Å². The predicted octanol–water partition coefficient (Wildman–Crippen LogP) is 3.33. The average Bonchev–Trinajstić information content (AvgIpc) is 3.01. The highest BCUT2D eigenvalue weighted by molar-refractivity contribution is 7.12. The molecule has 3 aromatic rings. The van der Waals surface area contributed by atoms with E-state index in [1.165, 1.54) is 6.07 Å². The first-order chi connectivity index (χ1) is 9.61. The SMILES string of the molecule is O=C(O)c1cc(OCc2cn3cc(Cl)ccc3n2)cs1. The van der Waals surface area contributed by atoms with E-state index in [-0.39, 0.29) is 11.5 Å². The van der Waals surface area contributed by atoms with Crippen LogP contribution in [0.4, 0.5) is 0 Å². The van der Waals surface area contributed by atoms with Crippen molar-refractivity contribution in [2.75, 3.05) is 0 Å². The first-order valence-corrected chi connectivity index (χ1v) is 6.95. The Morgan fingerprint density at radius 1 is 1.45 bits per heavy atom. The number of fused-ring (bicyclic) bond motifs is 1. The molecule has 0 radical (unpaired) electrons. The van der Waals surface area contributed by atoms with E-state index >= 15 is 0 Å². The lowest BCUT2D eigenvalue weighted by Gasteiger charge is -1.99. The van der Waals surface area contributed by atoms with Crippen LogP contribution in [0.1, 0.15) is 15.4 Å². The number of ether oxygens (including phenoxy) is 1. The second kappa shape index (κ2) is 5.15. The summed E-state index contributed by atoms with van der Waals surface area (Å²) in [6.45, 7) is 0.273. The zero-order valence-electron chi connectivity index (χ0n) is 10.1. The molecular weight excluding hydrogens is 300 g/mol. The van der Waals surface area contributed by atoms with Gasteiger partial charge in [0.1, 0.15) is 22.9 Å². The molecule has 3 rings (SSSR count). The van der Waals surface area contributed by atoms with Crippen molar-refractivity contribution in [3.05, 3.63) is 51.6 Å². The molecule has 5 nitrogen and oxygen atoms in total. The molecule has 0 unspecified atom stereocenters. The molecule has 0 aliphatic heterocycles. The number of aromatic nitrogens is 2. The van der Waals surface area contributed by atoms with Gasteiger partial charge in [-0.25, -0.2) is 9.78 Å². The Bertz CT molecular complexity index is 781. The van der Waals surface area contributed by atoms with Crippen molar-refractivity contribution >= 4 is 34.6 Å². The fourth-order valence-corrected chi connectivity index (χ4v) is 2.58. The molecule has 3 heterocycles. The van der Waals surface area contributed by atoms with Crippen LogP contribution < -0.4 is 4.74 Å². The summed E-state index contributed by atoms with van der Waals surface area (Å²) in [6.07, 6.45) is 3.59. The zero-order valence-corrected chi connectivity index (χ0v) is 11.7. The predicted molar refractivity (Wildman–Crippen MR) is 75.8 cm³/mol. The maximum atomic E-state index is 10.8. The number of rotatable bonds is 4. The smallest absolute Gasteiger partial charge is 0.346 e. The topological polar surface area (TPSA) is 63.8 Å². The summed E-state index contributed by atoms with van der Waals surface area (Å²) >= 11 is 7.03. The molecule has 0 spiro atoms. The summed E-state index contributed by atoms with van der Waals surface area (Å²) in [4.78, 5) is 15.4. The van der Waals surface area contributed by atoms with E-state index in [9.17, 15) is 4.79 Å². The molecule has 0 aliphatic carbocycles. The van der Waals surface area contributed by atoms with Gasteiger partial charge in [-0.15, -0.1) is 11.3 Å². The Balaban J connectivity index is 1.74. The summed E-state index contributed by atoms with van der Waals surface area (Å²) in [5.41, 5.74) is 1.53. The van der Waals surface area contributed by atoms with Crippen LogP contribution in [0, 0.1) is 0 Å². The van der Waals surface area contributed by atoms with Crippen LogP contribution in [-0.2, 0) is 6.61 Å². The molecule has 7 heteroatoms. The zero-order chi connectivity index (χ0) is 14.1. The van der Waals surface area contributed by atoms with Crippen LogP contribution in [0.5, 0.6) is 5.75 Å². The number of hydrogen-bond acceptors (Lipinski definition) is 4. The second-order valence-corrected chi connectivity index (χ2v) is 5.43. The van der Waals surface area contributed by atoms with Gasteiger partial charge in [0.2, 0.25) is 0 Å². The number of carboxylic acid groups (broad SMARTS) is 1. The monoisotopic (exact) mass is 308 g/mol. The van der Waals surface area contributed by atoms with Crippen molar-refractivity contribution in [1.29, 1.82) is 0 Å². The van der Waals surface area contributed by atoms with Crippen molar-refractivity contribution in [1.82, 2.24) is 9.38 Å². The van der Waals surface area contributed by atoms with Gasteiger partial charge < -0.3 is 14.2 Å². The third-order valence-corrected chi connectivity index (χ3v) is 3.76. The van der Waals surface area contributed by atoms with Crippen molar-refractivity contribution in [2.45, 2.75) is 6.61 Å². The lowest BCUT2D eigenvalue weighted by atomic mass is 10.4. The molecule has 0 fully saturated rings. The van der Waals surface area contributed by atoms with E-state index in [1.54, 1.807) is 17.6 Å². The number of aromatic carboxylic acids is 1. The van der Waals surface area contributed by atoms with E-state index in [4.69, 9.17) is 21.4 Å². The summed E-state index contributed by atoms with van der Waals surface area (Å²) in [5, 5.41) is 11.1. The van der Waals surface area contributed by atoms with Gasteiger partial charge in [0.25, 0.3) is 0 Å². The van der Waals surface area contributed by atoms with Gasteiger partial charge in [-0.3, -0.25) is 0 Å². The van der Waals surface area contributed by atoms with Crippen LogP contribution in [0.15, 0.2) is 36.0 Å². The fraction of sp³-hybridized carbons (Fsp3) is 0.0769. The number of imidazole rings is 1. The normalized spacial score (nSPS) is 10.8. The second-order valence-electron chi connectivity index (χ2n) is 4.09. The standard InChI is InChI=1S/C13H9ClN2O3S/c14-8-1-2-12-15-9(5-16(12)4-8)6-19-10-3-11(13(17)18)20-7-10/h1-5,7H,6H2,(H,17,18). The highest BCUT2D eigenvalue weighted by atomic mass is 35.5. The molecule has 0 atom stereocenters. The van der Waals surface area contributed by atoms with Crippen molar-refractivity contribution < 1.29 is 14.6 Å². The highest BCUT2D eigenvalue weighted by Crippen LogP contribution is 2.22. The van der Waals surface area contributed by atoms with E-state index < -0.39 is 5.97 Å². The van der Waals surface area contributed by atoms with E-state index in [2.05, 4.69) is 4.98 Å². The molecule has 0 aromatic carbocycles. The summed E-state index contributed by atoms with van der Waals surface area (Å²) in [7, 11) is 0. The van der Waals surface area contributed by atoms with E-state index in [0.717, 1.165) is 22.7 Å². The molecule has 3 aromatic heterocycles. The molecule has 0 saturated heterocycles. The van der Waals surface area contributed by atoms with Crippen LogP contribution in [-0.4, -0.2) is 20.5 Å². The first kappa shape index (κ1) is 13.0. The molecular formula is C13H9ClN2O3S. The van der Waals surface area contributed by atoms with Crippen LogP contribution >= 0.6 is 22.9 Å². The van der Waals surface area contributed by atoms with Gasteiger partial charge in [-0.1, -0.05) is 11.6 Å². The maximum absolute atomic E-state index is 10.8. The Morgan fingerprint density at radius 3 is 3.05 bits per heavy atom. The summed E-state index contributed by atoms with van der Waals surface area (Å²) in [5.74, 6) is -0.422. The molecule has 20 heavy (non-hydrogen) atoms. The molecule has 0 bridgehead atoms. The number of nitrogens with zero attached hydrogens (tertiary/aromatic N) is 2. The molecule has 102 valence electrons. The number of halogens is 1. The van der Waals surface area contributed by atoms with Gasteiger partial charge in [-0.2, -0.15) is 0 Å². The lowest BCUT2D eigenvalue weighted by Crippen LogP contribution is -1.95. The minimum atomic E-state index is -0.952. The molecule has 0 aliphatic rings. The summed E-state index contributed by atoms with van der Waals surface area (Å²) < 4.78 is 7.34. The molecule has 1 N–H and O–H groups in total. The summed E-state index contributed by atoms with van der Waals surface area (Å²) in [6, 6.07) is 5.09. The third kappa shape index (κ3) is 2.61. The number of hydrogen-bond donors (Lipinski definition) is 1. The maximum Gasteiger partial charge on any atom is 0.346 e. The quantitative estimate of drug-likeness (QED) is 0.803. The van der Waals surface area contributed by atoms with Gasteiger partial charge in [-0.05, 0) is 12.1 Å². The van der Waals surface area contributed by atoms with Gasteiger partial charge in [0, 0.05) is 23.8 Å². The largest absolute Gasteiger partial charge is 0.486 e. The van der Waals surface area contributed by atoms with E-state index in [1.807, 2.05) is 16.7 Å². The number of carbonyl (C=O) groups is 1. The Kier molecular flexibility index (Phi) is 3.33. The lowest BCUT2D eigenvalue weighted by molar-refractivity contribution is 0.0702. The fourth-order valence-electron chi connectivity index (χ4n) is 1.75. The number of pyridine rings is 1.